The van der Waals surface area contributed by atoms with Crippen molar-refractivity contribution in [2.45, 2.75) is 44.7 Å². The van der Waals surface area contributed by atoms with Gasteiger partial charge in [0.25, 0.3) is 0 Å². The number of anilines is 1. The molecule has 20 heavy (non-hydrogen) atoms. The molecule has 3 rings (SSSR count). The van der Waals surface area contributed by atoms with E-state index in [1.54, 1.807) is 0 Å². The van der Waals surface area contributed by atoms with E-state index in [-0.39, 0.29) is 0 Å². The maximum Gasteiger partial charge on any atom is 0.0722 e. The van der Waals surface area contributed by atoms with Crippen LogP contribution in [0.3, 0.4) is 0 Å². The summed E-state index contributed by atoms with van der Waals surface area (Å²) in [6.07, 6.45) is 7.02. The molecule has 3 nitrogen and oxygen atoms in total. The quantitative estimate of drug-likeness (QED) is 0.891. The minimum absolute atomic E-state index is 0.469. The van der Waals surface area contributed by atoms with Gasteiger partial charge < -0.3 is 10.6 Å². The number of rotatable bonds is 4. The topological polar surface area (TPSA) is 37.0 Å². The van der Waals surface area contributed by atoms with Crippen LogP contribution >= 0.6 is 0 Å². The predicted octanol–water partition coefficient (Wildman–Crippen LogP) is 3.57. The zero-order valence-corrected chi connectivity index (χ0v) is 12.1. The molecule has 2 unspecified atom stereocenters. The molecule has 1 aliphatic rings. The summed E-state index contributed by atoms with van der Waals surface area (Å²) in [5, 5.41) is 8.48. The third-order valence-electron chi connectivity index (χ3n) is 4.10. The number of nitrogens with zero attached hydrogens (tertiary/aromatic N) is 1. The highest BCUT2D eigenvalue weighted by Gasteiger charge is 2.16. The Morgan fingerprint density at radius 3 is 3.10 bits per heavy atom. The molecule has 2 heterocycles. The molecule has 0 spiro atoms. The van der Waals surface area contributed by atoms with Crippen molar-refractivity contribution in [1.29, 1.82) is 0 Å². The maximum absolute atomic E-state index is 4.41. The van der Waals surface area contributed by atoms with Gasteiger partial charge in [-0.3, -0.25) is 4.98 Å². The van der Waals surface area contributed by atoms with Gasteiger partial charge in [-0.2, -0.15) is 0 Å². The van der Waals surface area contributed by atoms with E-state index in [1.807, 2.05) is 12.3 Å². The average molecular weight is 269 g/mol. The monoisotopic (exact) mass is 269 g/mol. The fourth-order valence-electron chi connectivity index (χ4n) is 3.11. The van der Waals surface area contributed by atoms with Crippen molar-refractivity contribution in [2.75, 3.05) is 11.9 Å². The van der Waals surface area contributed by atoms with Crippen molar-refractivity contribution in [2.24, 2.45) is 0 Å². The van der Waals surface area contributed by atoms with Gasteiger partial charge in [-0.05, 0) is 57.0 Å². The lowest BCUT2D eigenvalue weighted by atomic mass is 9.98. The smallest absolute Gasteiger partial charge is 0.0722 e. The number of nitrogens with one attached hydrogen (secondary N) is 2. The van der Waals surface area contributed by atoms with E-state index in [2.05, 4.69) is 46.8 Å². The van der Waals surface area contributed by atoms with Crippen LogP contribution < -0.4 is 10.6 Å². The van der Waals surface area contributed by atoms with Gasteiger partial charge in [-0.15, -0.1) is 0 Å². The molecule has 2 N–H and O–H groups in total. The van der Waals surface area contributed by atoms with Crippen LogP contribution in [-0.2, 0) is 0 Å². The van der Waals surface area contributed by atoms with Crippen molar-refractivity contribution < 1.29 is 0 Å². The zero-order chi connectivity index (χ0) is 13.8. The van der Waals surface area contributed by atoms with E-state index in [1.165, 1.54) is 43.3 Å². The van der Waals surface area contributed by atoms with Gasteiger partial charge in [-0.25, -0.2) is 0 Å². The van der Waals surface area contributed by atoms with Gasteiger partial charge in [-0.1, -0.05) is 12.5 Å². The summed E-state index contributed by atoms with van der Waals surface area (Å²) in [5.41, 5.74) is 2.25. The number of hydrogen-bond donors (Lipinski definition) is 2. The summed E-state index contributed by atoms with van der Waals surface area (Å²) in [6, 6.07) is 11.6. The summed E-state index contributed by atoms with van der Waals surface area (Å²) >= 11 is 0. The Labute approximate surface area is 120 Å². The summed E-state index contributed by atoms with van der Waals surface area (Å²) in [4.78, 5) is 4.41. The highest BCUT2D eigenvalue weighted by atomic mass is 15.0. The first kappa shape index (κ1) is 13.4. The second-order valence-electron chi connectivity index (χ2n) is 5.80. The molecule has 1 saturated heterocycles. The van der Waals surface area contributed by atoms with Crippen LogP contribution in [-0.4, -0.2) is 23.6 Å². The predicted molar refractivity (Wildman–Crippen MR) is 85.1 cm³/mol. The van der Waals surface area contributed by atoms with Crippen LogP contribution in [0.5, 0.6) is 0 Å². The Balaban J connectivity index is 1.69. The number of pyridine rings is 1. The molecule has 2 atom stereocenters. The second kappa shape index (κ2) is 6.23. The molecule has 0 saturated carbocycles. The number of piperidine rings is 1. The van der Waals surface area contributed by atoms with Gasteiger partial charge in [0.1, 0.15) is 0 Å². The molecule has 0 amide bonds. The Bertz CT molecular complexity index is 556. The van der Waals surface area contributed by atoms with Gasteiger partial charge >= 0.3 is 0 Å². The lowest BCUT2D eigenvalue weighted by Gasteiger charge is -2.27. The lowest BCUT2D eigenvalue weighted by Crippen LogP contribution is -2.37. The first-order valence-corrected chi connectivity index (χ1v) is 7.66. The highest BCUT2D eigenvalue weighted by Crippen LogP contribution is 2.23. The van der Waals surface area contributed by atoms with E-state index in [0.29, 0.717) is 12.1 Å². The standard InChI is InChI=1S/C17H23N3/c1-13(12-14-6-2-3-10-18-14)20-17-9-4-8-16-15(17)7-5-11-19-16/h4-5,7-9,11,13-14,18,20H,2-3,6,10,12H2,1H3. The third-order valence-corrected chi connectivity index (χ3v) is 4.10. The van der Waals surface area contributed by atoms with Gasteiger partial charge in [0.05, 0.1) is 5.52 Å². The van der Waals surface area contributed by atoms with Crippen LogP contribution in [0.15, 0.2) is 36.5 Å². The Hall–Kier alpha value is -1.61. The fraction of sp³-hybridized carbons (Fsp3) is 0.471. The molecular weight excluding hydrogens is 246 g/mol. The molecule has 3 heteroatoms. The summed E-state index contributed by atoms with van der Waals surface area (Å²) in [6.45, 7) is 3.45. The molecule has 2 aromatic rings. The van der Waals surface area contributed by atoms with Crippen LogP contribution in [0.25, 0.3) is 10.9 Å². The summed E-state index contributed by atoms with van der Waals surface area (Å²) in [5.74, 6) is 0. The number of aromatic nitrogens is 1. The second-order valence-corrected chi connectivity index (χ2v) is 5.80. The first-order chi connectivity index (χ1) is 9.83. The minimum atomic E-state index is 0.469. The molecule has 0 radical (unpaired) electrons. The van der Waals surface area contributed by atoms with Crippen LogP contribution in [0.1, 0.15) is 32.6 Å². The SMILES string of the molecule is CC(CC1CCCCN1)Nc1cccc2ncccc12. The largest absolute Gasteiger partial charge is 0.382 e. The van der Waals surface area contributed by atoms with Crippen molar-refractivity contribution in [3.05, 3.63) is 36.5 Å². The average Bonchev–Trinajstić information content (AvgIpc) is 2.48. The van der Waals surface area contributed by atoms with E-state index in [0.717, 1.165) is 5.52 Å². The molecule has 1 aliphatic heterocycles. The number of fused-ring (bicyclic) bond motifs is 1. The van der Waals surface area contributed by atoms with E-state index >= 15 is 0 Å². The first-order valence-electron chi connectivity index (χ1n) is 7.66. The normalized spacial score (nSPS) is 20.8. The molecule has 0 bridgehead atoms. The van der Waals surface area contributed by atoms with Gasteiger partial charge in [0.2, 0.25) is 0 Å². The van der Waals surface area contributed by atoms with E-state index < -0.39 is 0 Å². The highest BCUT2D eigenvalue weighted by molar-refractivity contribution is 5.91. The van der Waals surface area contributed by atoms with E-state index in [9.17, 15) is 0 Å². The van der Waals surface area contributed by atoms with Crippen molar-refractivity contribution >= 4 is 16.6 Å². The zero-order valence-electron chi connectivity index (χ0n) is 12.1. The molecule has 0 aliphatic carbocycles. The number of hydrogen-bond acceptors (Lipinski definition) is 3. The molecule has 106 valence electrons. The van der Waals surface area contributed by atoms with Crippen molar-refractivity contribution in [3.8, 4) is 0 Å². The lowest BCUT2D eigenvalue weighted by molar-refractivity contribution is 0.371. The fourth-order valence-corrected chi connectivity index (χ4v) is 3.11. The van der Waals surface area contributed by atoms with E-state index in [4.69, 9.17) is 0 Å². The van der Waals surface area contributed by atoms with Crippen molar-refractivity contribution in [1.82, 2.24) is 10.3 Å². The maximum atomic E-state index is 4.41. The Kier molecular flexibility index (Phi) is 4.16. The van der Waals surface area contributed by atoms with Crippen LogP contribution in [0.4, 0.5) is 5.69 Å². The Morgan fingerprint density at radius 1 is 1.30 bits per heavy atom. The van der Waals surface area contributed by atoms with Gasteiger partial charge in [0.15, 0.2) is 0 Å². The molecule has 1 aromatic heterocycles. The molecular formula is C17H23N3. The van der Waals surface area contributed by atoms with Gasteiger partial charge in [0, 0.05) is 29.4 Å². The van der Waals surface area contributed by atoms with Crippen LogP contribution in [0.2, 0.25) is 0 Å². The molecule has 1 fully saturated rings. The minimum Gasteiger partial charge on any atom is -0.382 e. The van der Waals surface area contributed by atoms with Crippen molar-refractivity contribution in [3.63, 3.8) is 0 Å². The van der Waals surface area contributed by atoms with Crippen LogP contribution in [0, 0.1) is 0 Å². The summed E-state index contributed by atoms with van der Waals surface area (Å²) < 4.78 is 0. The molecule has 1 aromatic carbocycles. The Morgan fingerprint density at radius 2 is 2.25 bits per heavy atom. The summed E-state index contributed by atoms with van der Waals surface area (Å²) in [7, 11) is 0. The number of benzene rings is 1. The third kappa shape index (κ3) is 3.10.